The van der Waals surface area contributed by atoms with E-state index in [0.717, 1.165) is 15.5 Å². The third kappa shape index (κ3) is 3.23. The zero-order valence-electron chi connectivity index (χ0n) is 13.6. The fraction of sp³-hybridized carbons (Fsp3) is 0.111. The van der Waals surface area contributed by atoms with Gasteiger partial charge in [0.05, 0.1) is 28.3 Å². The summed E-state index contributed by atoms with van der Waals surface area (Å²) in [6, 6.07) is 12.9. The van der Waals surface area contributed by atoms with Crippen molar-refractivity contribution in [3.63, 3.8) is 0 Å². The van der Waals surface area contributed by atoms with Crippen LogP contribution in [0.2, 0.25) is 0 Å². The number of hydrogen-bond donors (Lipinski definition) is 2. The maximum atomic E-state index is 12.5. The van der Waals surface area contributed by atoms with Gasteiger partial charge >= 0.3 is 0 Å². The van der Waals surface area contributed by atoms with Crippen molar-refractivity contribution in [3.8, 4) is 0 Å². The number of fused-ring (bicyclic) bond motifs is 2. The molecule has 0 unspecified atom stereocenters. The number of halogens is 1. The first-order valence-corrected chi connectivity index (χ1v) is 8.79. The van der Waals surface area contributed by atoms with Crippen molar-refractivity contribution in [2.24, 2.45) is 0 Å². The molecule has 2 aromatic heterocycles. The number of amides is 1. The molecule has 0 atom stereocenters. The highest BCUT2D eigenvalue weighted by Gasteiger charge is 2.09. The summed E-state index contributed by atoms with van der Waals surface area (Å²) in [7, 11) is 0. The molecule has 0 aliphatic rings. The van der Waals surface area contributed by atoms with Crippen LogP contribution in [0.4, 0.5) is 5.95 Å². The summed E-state index contributed by atoms with van der Waals surface area (Å²) in [4.78, 5) is 36.3. The molecule has 4 aromatic rings. The minimum atomic E-state index is -0.231. The van der Waals surface area contributed by atoms with Gasteiger partial charge in [0.25, 0.3) is 5.56 Å². The van der Waals surface area contributed by atoms with Crippen molar-refractivity contribution in [1.29, 1.82) is 0 Å². The Morgan fingerprint density at radius 2 is 2.04 bits per heavy atom. The number of anilines is 1. The number of carbonyl (C=O) groups excluding carboxylic acids is 1. The van der Waals surface area contributed by atoms with Crippen LogP contribution in [0.5, 0.6) is 0 Å². The zero-order valence-corrected chi connectivity index (χ0v) is 15.2. The van der Waals surface area contributed by atoms with Crippen molar-refractivity contribution in [1.82, 2.24) is 19.5 Å². The first-order valence-electron chi connectivity index (χ1n) is 7.99. The number of aryl methyl sites for hydroxylation is 1. The lowest BCUT2D eigenvalue weighted by molar-refractivity contribution is -0.116. The SMILES string of the molecule is O=C(CCn1cnc2ccc(Br)cc2c1=O)Nc1nc2ccccc2[nH]1. The smallest absolute Gasteiger partial charge is 0.261 e. The molecule has 0 saturated carbocycles. The third-order valence-corrected chi connectivity index (χ3v) is 4.51. The molecule has 0 spiro atoms. The van der Waals surface area contributed by atoms with Crippen LogP contribution in [0.1, 0.15) is 6.42 Å². The molecule has 8 heteroatoms. The second-order valence-electron chi connectivity index (χ2n) is 5.81. The molecule has 0 aliphatic carbocycles. The molecule has 26 heavy (non-hydrogen) atoms. The number of carbonyl (C=O) groups is 1. The molecule has 2 aromatic carbocycles. The molecule has 1 amide bonds. The second-order valence-corrected chi connectivity index (χ2v) is 6.72. The third-order valence-electron chi connectivity index (χ3n) is 4.01. The predicted octanol–water partition coefficient (Wildman–Crippen LogP) is 3.06. The number of aromatic amines is 1. The van der Waals surface area contributed by atoms with Crippen LogP contribution in [-0.2, 0) is 11.3 Å². The number of rotatable bonds is 4. The molecule has 4 rings (SSSR count). The first kappa shape index (κ1) is 16.5. The topological polar surface area (TPSA) is 92.7 Å². The molecule has 0 radical (unpaired) electrons. The molecule has 0 fully saturated rings. The van der Waals surface area contributed by atoms with Gasteiger partial charge in [-0.1, -0.05) is 28.1 Å². The standard InChI is InChI=1S/C18H14BrN5O2/c19-11-5-6-13-12(9-11)17(26)24(10-20-13)8-7-16(25)23-18-21-14-3-1-2-4-15(14)22-18/h1-6,9-10H,7-8H2,(H2,21,22,23,25). The summed E-state index contributed by atoms with van der Waals surface area (Å²) in [6.07, 6.45) is 1.60. The van der Waals surface area contributed by atoms with Crippen LogP contribution in [0.25, 0.3) is 21.9 Å². The molecular weight excluding hydrogens is 398 g/mol. The van der Waals surface area contributed by atoms with Gasteiger partial charge in [0, 0.05) is 17.4 Å². The monoisotopic (exact) mass is 411 g/mol. The summed E-state index contributed by atoms with van der Waals surface area (Å²) in [5.41, 5.74) is 2.08. The van der Waals surface area contributed by atoms with Crippen molar-refractivity contribution in [2.45, 2.75) is 13.0 Å². The zero-order chi connectivity index (χ0) is 18.1. The number of aromatic nitrogens is 4. The van der Waals surface area contributed by atoms with Crippen LogP contribution in [-0.4, -0.2) is 25.4 Å². The Morgan fingerprint density at radius 3 is 2.88 bits per heavy atom. The summed E-state index contributed by atoms with van der Waals surface area (Å²) in [6.45, 7) is 0.236. The minimum Gasteiger partial charge on any atom is -0.324 e. The second kappa shape index (κ2) is 6.72. The summed E-state index contributed by atoms with van der Waals surface area (Å²) >= 11 is 3.35. The normalized spacial score (nSPS) is 11.1. The highest BCUT2D eigenvalue weighted by molar-refractivity contribution is 9.10. The van der Waals surface area contributed by atoms with E-state index >= 15 is 0 Å². The number of hydrogen-bond acceptors (Lipinski definition) is 4. The van der Waals surface area contributed by atoms with E-state index in [1.54, 1.807) is 12.1 Å². The van der Waals surface area contributed by atoms with Gasteiger partial charge < -0.3 is 4.98 Å². The van der Waals surface area contributed by atoms with E-state index in [1.165, 1.54) is 10.9 Å². The van der Waals surface area contributed by atoms with Gasteiger partial charge in [-0.2, -0.15) is 0 Å². The van der Waals surface area contributed by atoms with Gasteiger partial charge in [-0.15, -0.1) is 0 Å². The number of benzene rings is 2. The van der Waals surface area contributed by atoms with Crippen LogP contribution in [0.15, 0.2) is 58.1 Å². The number of para-hydroxylation sites is 2. The molecule has 130 valence electrons. The molecule has 0 aliphatic heterocycles. The van der Waals surface area contributed by atoms with Gasteiger partial charge in [0.15, 0.2) is 0 Å². The Hall–Kier alpha value is -3.00. The average molecular weight is 412 g/mol. The number of imidazole rings is 1. The van der Waals surface area contributed by atoms with E-state index < -0.39 is 0 Å². The minimum absolute atomic E-state index is 0.137. The van der Waals surface area contributed by atoms with E-state index in [0.29, 0.717) is 16.9 Å². The molecule has 2 N–H and O–H groups in total. The number of H-pyrrole nitrogens is 1. The molecule has 2 heterocycles. The number of nitrogens with zero attached hydrogens (tertiary/aromatic N) is 3. The largest absolute Gasteiger partial charge is 0.324 e. The first-order chi connectivity index (χ1) is 12.6. The van der Waals surface area contributed by atoms with Crippen LogP contribution < -0.4 is 10.9 Å². The number of nitrogens with one attached hydrogen (secondary N) is 2. The lowest BCUT2D eigenvalue weighted by Gasteiger charge is -2.07. The Bertz CT molecular complexity index is 1150. The lowest BCUT2D eigenvalue weighted by Crippen LogP contribution is -2.23. The fourth-order valence-electron chi connectivity index (χ4n) is 2.72. The Balaban J connectivity index is 1.48. The van der Waals surface area contributed by atoms with Gasteiger partial charge in [-0.25, -0.2) is 9.97 Å². The Labute approximate surface area is 156 Å². The van der Waals surface area contributed by atoms with E-state index in [-0.39, 0.29) is 24.4 Å². The molecule has 0 saturated heterocycles. The van der Waals surface area contributed by atoms with E-state index in [9.17, 15) is 9.59 Å². The van der Waals surface area contributed by atoms with Crippen molar-refractivity contribution in [3.05, 3.63) is 63.6 Å². The van der Waals surface area contributed by atoms with Gasteiger partial charge in [0.1, 0.15) is 0 Å². The fourth-order valence-corrected chi connectivity index (χ4v) is 3.08. The van der Waals surface area contributed by atoms with E-state index in [2.05, 4.69) is 36.2 Å². The summed E-state index contributed by atoms with van der Waals surface area (Å²) < 4.78 is 2.25. The highest BCUT2D eigenvalue weighted by Crippen LogP contribution is 2.15. The average Bonchev–Trinajstić information content (AvgIpc) is 3.04. The summed E-state index contributed by atoms with van der Waals surface area (Å²) in [5.74, 6) is 0.161. The molecular formula is C18H14BrN5O2. The Morgan fingerprint density at radius 1 is 1.19 bits per heavy atom. The van der Waals surface area contributed by atoms with Gasteiger partial charge in [0.2, 0.25) is 11.9 Å². The maximum Gasteiger partial charge on any atom is 0.261 e. The molecule has 0 bridgehead atoms. The Kier molecular flexibility index (Phi) is 4.26. The molecule has 7 nitrogen and oxygen atoms in total. The van der Waals surface area contributed by atoms with Crippen LogP contribution in [0, 0.1) is 0 Å². The maximum absolute atomic E-state index is 12.5. The van der Waals surface area contributed by atoms with Crippen LogP contribution in [0.3, 0.4) is 0 Å². The van der Waals surface area contributed by atoms with Crippen molar-refractivity contribution in [2.75, 3.05) is 5.32 Å². The predicted molar refractivity (Wildman–Crippen MR) is 103 cm³/mol. The van der Waals surface area contributed by atoms with Gasteiger partial charge in [-0.3, -0.25) is 19.5 Å². The van der Waals surface area contributed by atoms with Crippen molar-refractivity contribution >= 4 is 49.7 Å². The van der Waals surface area contributed by atoms with Crippen LogP contribution >= 0.6 is 15.9 Å². The highest BCUT2D eigenvalue weighted by atomic mass is 79.9. The van der Waals surface area contributed by atoms with Gasteiger partial charge in [-0.05, 0) is 30.3 Å². The van der Waals surface area contributed by atoms with E-state index in [4.69, 9.17) is 0 Å². The summed E-state index contributed by atoms with van der Waals surface area (Å²) in [5, 5.41) is 3.23. The lowest BCUT2D eigenvalue weighted by atomic mass is 10.2. The van der Waals surface area contributed by atoms with E-state index in [1.807, 2.05) is 30.3 Å². The quantitative estimate of drug-likeness (QED) is 0.539. The van der Waals surface area contributed by atoms with Crippen molar-refractivity contribution < 1.29 is 4.79 Å².